The number of nitrogens with one attached hydrogen (secondary N) is 3. The van der Waals surface area contributed by atoms with Crippen LogP contribution in [-0.2, 0) is 16.0 Å². The first-order valence-corrected chi connectivity index (χ1v) is 9.57. The lowest BCUT2D eigenvalue weighted by Crippen LogP contribution is -2.56. The summed E-state index contributed by atoms with van der Waals surface area (Å²) in [5, 5.41) is 9.07. The maximum atomic E-state index is 12.8. The predicted octanol–water partition coefficient (Wildman–Crippen LogP) is 0.501. The van der Waals surface area contributed by atoms with Crippen LogP contribution in [-0.4, -0.2) is 61.0 Å². The third-order valence-electron chi connectivity index (χ3n) is 4.95. The number of amides is 2. The number of carbonyl (C=O) groups excluding carboxylic acids is 2. The molecule has 0 saturated carbocycles. The van der Waals surface area contributed by atoms with Crippen molar-refractivity contribution in [2.24, 2.45) is 0 Å². The second-order valence-electron chi connectivity index (χ2n) is 6.88. The SMILES string of the molecule is CN(C(=O)CNC(=O)C1CNCCN1)C(Cc1ccccn1)c1ccccc1. The number of hydrogen-bond acceptors (Lipinski definition) is 5. The highest BCUT2D eigenvalue weighted by Crippen LogP contribution is 2.23. The van der Waals surface area contributed by atoms with Crippen LogP contribution in [0.15, 0.2) is 54.7 Å². The van der Waals surface area contributed by atoms with Crippen molar-refractivity contribution in [2.45, 2.75) is 18.5 Å². The third kappa shape index (κ3) is 5.37. The maximum absolute atomic E-state index is 12.8. The number of piperazine rings is 1. The highest BCUT2D eigenvalue weighted by atomic mass is 16.2. The summed E-state index contributed by atoms with van der Waals surface area (Å²) in [6.07, 6.45) is 2.36. The molecule has 28 heavy (non-hydrogen) atoms. The van der Waals surface area contributed by atoms with Crippen LogP contribution < -0.4 is 16.0 Å². The smallest absolute Gasteiger partial charge is 0.242 e. The van der Waals surface area contributed by atoms with Gasteiger partial charge in [0, 0.05) is 45.0 Å². The van der Waals surface area contributed by atoms with Crippen LogP contribution in [0.3, 0.4) is 0 Å². The molecule has 7 nitrogen and oxygen atoms in total. The molecular weight excluding hydrogens is 354 g/mol. The van der Waals surface area contributed by atoms with Crippen LogP contribution in [0, 0.1) is 0 Å². The van der Waals surface area contributed by atoms with Gasteiger partial charge in [0.1, 0.15) is 0 Å². The Bertz CT molecular complexity index is 763. The molecule has 1 aromatic heterocycles. The second kappa shape index (κ2) is 9.96. The lowest BCUT2D eigenvalue weighted by molar-refractivity contribution is -0.134. The zero-order valence-corrected chi connectivity index (χ0v) is 16.1. The molecule has 148 valence electrons. The lowest BCUT2D eigenvalue weighted by Gasteiger charge is -2.29. The Morgan fingerprint density at radius 1 is 1.18 bits per heavy atom. The molecule has 0 radical (unpaired) electrons. The molecule has 0 aliphatic carbocycles. The molecule has 2 heterocycles. The van der Waals surface area contributed by atoms with Crippen molar-refractivity contribution in [3.05, 3.63) is 66.0 Å². The summed E-state index contributed by atoms with van der Waals surface area (Å²) in [7, 11) is 1.77. The van der Waals surface area contributed by atoms with Crippen LogP contribution in [0.1, 0.15) is 17.3 Å². The summed E-state index contributed by atoms with van der Waals surface area (Å²) in [6.45, 7) is 2.13. The third-order valence-corrected chi connectivity index (χ3v) is 4.95. The average Bonchev–Trinajstić information content (AvgIpc) is 2.77. The van der Waals surface area contributed by atoms with Crippen LogP contribution in [0.25, 0.3) is 0 Å². The number of pyridine rings is 1. The Balaban J connectivity index is 1.65. The van der Waals surface area contributed by atoms with Gasteiger partial charge in [-0.15, -0.1) is 0 Å². The molecule has 0 spiro atoms. The fourth-order valence-electron chi connectivity index (χ4n) is 3.29. The van der Waals surface area contributed by atoms with E-state index in [4.69, 9.17) is 0 Å². The average molecular weight is 381 g/mol. The van der Waals surface area contributed by atoms with E-state index in [0.29, 0.717) is 13.0 Å². The van der Waals surface area contributed by atoms with Crippen molar-refractivity contribution in [3.63, 3.8) is 0 Å². The van der Waals surface area contributed by atoms with Gasteiger partial charge in [0.15, 0.2) is 0 Å². The molecule has 2 unspecified atom stereocenters. The monoisotopic (exact) mass is 381 g/mol. The van der Waals surface area contributed by atoms with Gasteiger partial charge in [-0.25, -0.2) is 0 Å². The molecule has 1 fully saturated rings. The number of carbonyl (C=O) groups is 2. The first kappa shape index (κ1) is 20.0. The quantitative estimate of drug-likeness (QED) is 0.650. The number of benzene rings is 1. The van der Waals surface area contributed by atoms with Gasteiger partial charge in [0.2, 0.25) is 11.8 Å². The van der Waals surface area contributed by atoms with E-state index in [-0.39, 0.29) is 30.4 Å². The van der Waals surface area contributed by atoms with E-state index in [2.05, 4.69) is 20.9 Å². The fraction of sp³-hybridized carbons (Fsp3) is 0.381. The lowest BCUT2D eigenvalue weighted by atomic mass is 10.00. The first-order valence-electron chi connectivity index (χ1n) is 9.57. The Kier molecular flexibility index (Phi) is 7.11. The number of nitrogens with zero attached hydrogens (tertiary/aromatic N) is 2. The van der Waals surface area contributed by atoms with Gasteiger partial charge < -0.3 is 20.9 Å². The van der Waals surface area contributed by atoms with Crippen molar-refractivity contribution in [1.82, 2.24) is 25.8 Å². The van der Waals surface area contributed by atoms with E-state index in [0.717, 1.165) is 24.3 Å². The standard InChI is InChI=1S/C21H27N5O2/c1-26(20(27)15-25-21(28)18-14-22-11-12-24-18)19(16-7-3-2-4-8-16)13-17-9-5-6-10-23-17/h2-10,18-19,22,24H,11-15H2,1H3,(H,25,28). The van der Waals surface area contributed by atoms with Crippen molar-refractivity contribution >= 4 is 11.8 Å². The van der Waals surface area contributed by atoms with Crippen molar-refractivity contribution in [2.75, 3.05) is 33.2 Å². The summed E-state index contributed by atoms with van der Waals surface area (Å²) in [4.78, 5) is 31.1. The molecule has 2 atom stereocenters. The number of hydrogen-bond donors (Lipinski definition) is 3. The number of likely N-dealkylation sites (N-methyl/N-ethyl adjacent to an activating group) is 1. The highest BCUT2D eigenvalue weighted by molar-refractivity contribution is 5.87. The summed E-state index contributed by atoms with van der Waals surface area (Å²) >= 11 is 0. The molecule has 7 heteroatoms. The van der Waals surface area contributed by atoms with Crippen LogP contribution >= 0.6 is 0 Å². The minimum absolute atomic E-state index is 0.0287. The molecule has 2 aromatic rings. The van der Waals surface area contributed by atoms with Gasteiger partial charge in [-0.2, -0.15) is 0 Å². The molecule has 0 bridgehead atoms. The van der Waals surface area contributed by atoms with Crippen molar-refractivity contribution < 1.29 is 9.59 Å². The van der Waals surface area contributed by atoms with Crippen LogP contribution in [0.4, 0.5) is 0 Å². The van der Waals surface area contributed by atoms with Gasteiger partial charge in [0.25, 0.3) is 0 Å². The molecule has 2 amide bonds. The number of rotatable bonds is 7. The maximum Gasteiger partial charge on any atom is 0.242 e. The Labute approximate surface area is 165 Å². The largest absolute Gasteiger partial charge is 0.346 e. The normalized spacial score (nSPS) is 17.5. The number of aromatic nitrogens is 1. The van der Waals surface area contributed by atoms with Gasteiger partial charge in [0.05, 0.1) is 18.6 Å². The molecular formula is C21H27N5O2. The topological polar surface area (TPSA) is 86.4 Å². The molecule has 1 saturated heterocycles. The zero-order valence-electron chi connectivity index (χ0n) is 16.1. The predicted molar refractivity (Wildman–Crippen MR) is 108 cm³/mol. The van der Waals surface area contributed by atoms with Crippen molar-refractivity contribution in [3.8, 4) is 0 Å². The van der Waals surface area contributed by atoms with Gasteiger partial charge in [-0.1, -0.05) is 36.4 Å². The van der Waals surface area contributed by atoms with Gasteiger partial charge in [-0.05, 0) is 17.7 Å². The fourth-order valence-corrected chi connectivity index (χ4v) is 3.29. The summed E-state index contributed by atoms with van der Waals surface area (Å²) in [5.41, 5.74) is 1.95. The molecule has 1 aromatic carbocycles. The Morgan fingerprint density at radius 3 is 2.64 bits per heavy atom. The summed E-state index contributed by atoms with van der Waals surface area (Å²) < 4.78 is 0. The van der Waals surface area contributed by atoms with E-state index in [1.54, 1.807) is 18.1 Å². The highest BCUT2D eigenvalue weighted by Gasteiger charge is 2.25. The van der Waals surface area contributed by atoms with Gasteiger partial charge in [-0.3, -0.25) is 14.6 Å². The van der Waals surface area contributed by atoms with E-state index in [9.17, 15) is 9.59 Å². The van der Waals surface area contributed by atoms with Gasteiger partial charge >= 0.3 is 0 Å². The van der Waals surface area contributed by atoms with E-state index in [1.165, 1.54) is 0 Å². The Hall–Kier alpha value is -2.77. The van der Waals surface area contributed by atoms with Crippen LogP contribution in [0.5, 0.6) is 0 Å². The van der Waals surface area contributed by atoms with Crippen molar-refractivity contribution in [1.29, 1.82) is 0 Å². The zero-order chi connectivity index (χ0) is 19.8. The first-order chi connectivity index (χ1) is 13.6. The minimum atomic E-state index is -0.301. The molecule has 1 aliphatic heterocycles. The second-order valence-corrected chi connectivity index (χ2v) is 6.88. The summed E-state index contributed by atoms with van der Waals surface area (Å²) in [6, 6.07) is 15.2. The summed E-state index contributed by atoms with van der Waals surface area (Å²) in [5.74, 6) is -0.295. The molecule has 3 N–H and O–H groups in total. The molecule has 1 aliphatic rings. The molecule has 3 rings (SSSR count). The minimum Gasteiger partial charge on any atom is -0.346 e. The van der Waals surface area contributed by atoms with E-state index in [1.807, 2.05) is 48.5 Å². The Morgan fingerprint density at radius 2 is 1.96 bits per heavy atom. The van der Waals surface area contributed by atoms with Crippen LogP contribution in [0.2, 0.25) is 0 Å². The van der Waals surface area contributed by atoms with E-state index >= 15 is 0 Å². The van der Waals surface area contributed by atoms with E-state index < -0.39 is 0 Å².